The number of fused-ring (bicyclic) bond motifs is 3. The second-order valence-electron chi connectivity index (χ2n) is 8.28. The Labute approximate surface area is 195 Å². The Balaban J connectivity index is 1.52. The summed E-state index contributed by atoms with van der Waals surface area (Å²) in [6.45, 7) is 0. The Morgan fingerprint density at radius 3 is 2.12 bits per heavy atom. The van der Waals surface area contributed by atoms with Gasteiger partial charge in [0.1, 0.15) is 28.7 Å². The number of aromatic hydroxyl groups is 3. The van der Waals surface area contributed by atoms with Crippen molar-refractivity contribution in [2.24, 2.45) is 0 Å². The van der Waals surface area contributed by atoms with Crippen LogP contribution in [0.4, 0.5) is 0 Å². The molecule has 3 N–H and O–H groups in total. The molecule has 0 bridgehead atoms. The van der Waals surface area contributed by atoms with Crippen LogP contribution in [-0.2, 0) is 0 Å². The van der Waals surface area contributed by atoms with Crippen LogP contribution in [0.5, 0.6) is 28.7 Å². The third kappa shape index (κ3) is 3.24. The number of ether oxygens (including phenoxy) is 1. The lowest BCUT2D eigenvalue weighted by molar-refractivity contribution is 0.476. The van der Waals surface area contributed by atoms with Crippen LogP contribution in [0.1, 0.15) is 0 Å². The smallest absolute Gasteiger partial charge is 0.135 e. The Morgan fingerprint density at radius 2 is 1.24 bits per heavy atom. The number of hydrogen-bond acceptors (Lipinski definition) is 4. The minimum absolute atomic E-state index is 0.173. The van der Waals surface area contributed by atoms with E-state index in [9.17, 15) is 15.3 Å². The minimum atomic E-state index is 0.173. The van der Waals surface area contributed by atoms with E-state index in [0.29, 0.717) is 17.1 Å². The summed E-state index contributed by atoms with van der Waals surface area (Å²) >= 11 is 0. The molecule has 0 radical (unpaired) electrons. The van der Waals surface area contributed by atoms with E-state index in [2.05, 4.69) is 0 Å². The fraction of sp³-hybridized carbons (Fsp3) is 0. The first kappa shape index (κ1) is 19.9. The van der Waals surface area contributed by atoms with Gasteiger partial charge < -0.3 is 20.1 Å². The van der Waals surface area contributed by atoms with E-state index in [1.807, 2.05) is 72.8 Å². The van der Waals surface area contributed by atoms with E-state index in [4.69, 9.17) is 4.74 Å². The second-order valence-corrected chi connectivity index (χ2v) is 8.28. The average Bonchev–Trinajstić information content (AvgIpc) is 2.84. The summed E-state index contributed by atoms with van der Waals surface area (Å²) in [6.07, 6.45) is 0. The molecule has 0 spiro atoms. The van der Waals surface area contributed by atoms with Gasteiger partial charge in [-0.25, -0.2) is 0 Å². The number of rotatable bonds is 3. The van der Waals surface area contributed by atoms with Gasteiger partial charge in [-0.2, -0.15) is 0 Å². The minimum Gasteiger partial charge on any atom is -0.508 e. The van der Waals surface area contributed by atoms with E-state index < -0.39 is 0 Å². The lowest BCUT2D eigenvalue weighted by Crippen LogP contribution is -1.89. The topological polar surface area (TPSA) is 69.9 Å². The zero-order valence-corrected chi connectivity index (χ0v) is 18.1. The molecule has 6 rings (SSSR count). The van der Waals surface area contributed by atoms with Crippen LogP contribution >= 0.6 is 0 Å². The molecule has 6 aromatic carbocycles. The van der Waals surface area contributed by atoms with Crippen LogP contribution in [-0.4, -0.2) is 15.3 Å². The first-order valence-corrected chi connectivity index (χ1v) is 10.9. The molecule has 0 unspecified atom stereocenters. The zero-order chi connectivity index (χ0) is 23.2. The summed E-state index contributed by atoms with van der Waals surface area (Å²) in [7, 11) is 0. The van der Waals surface area contributed by atoms with Crippen molar-refractivity contribution in [1.82, 2.24) is 0 Å². The molecule has 6 aromatic rings. The van der Waals surface area contributed by atoms with Crippen LogP contribution in [0.3, 0.4) is 0 Å². The van der Waals surface area contributed by atoms with Crippen molar-refractivity contribution >= 4 is 32.3 Å². The molecule has 0 aromatic heterocycles. The average molecular weight is 444 g/mol. The van der Waals surface area contributed by atoms with Gasteiger partial charge in [-0.1, -0.05) is 48.5 Å². The highest BCUT2D eigenvalue weighted by molar-refractivity contribution is 6.09. The Morgan fingerprint density at radius 1 is 0.500 bits per heavy atom. The van der Waals surface area contributed by atoms with Crippen LogP contribution in [0.15, 0.2) is 103 Å². The standard InChI is InChI=1S/C30H20O4/c31-20-10-12-22-18(16-20)4-1-6-25(22)30-26-7-3-9-29(24(26)14-15-28(30)33)34-21-11-13-23-19(17-21)5-2-8-27(23)32/h1-17,31-33H. The van der Waals surface area contributed by atoms with Crippen molar-refractivity contribution in [3.63, 3.8) is 0 Å². The number of phenols is 3. The Hall–Kier alpha value is -4.70. The van der Waals surface area contributed by atoms with Gasteiger partial charge >= 0.3 is 0 Å². The van der Waals surface area contributed by atoms with Gasteiger partial charge in [-0.15, -0.1) is 0 Å². The highest BCUT2D eigenvalue weighted by Crippen LogP contribution is 2.43. The maximum absolute atomic E-state index is 10.9. The predicted octanol–water partition coefficient (Wildman–Crippen LogP) is 7.72. The molecule has 0 aliphatic rings. The quantitative estimate of drug-likeness (QED) is 0.261. The summed E-state index contributed by atoms with van der Waals surface area (Å²) < 4.78 is 6.28. The lowest BCUT2D eigenvalue weighted by atomic mass is 9.93. The van der Waals surface area contributed by atoms with E-state index in [1.54, 1.807) is 30.3 Å². The van der Waals surface area contributed by atoms with Gasteiger partial charge in [-0.3, -0.25) is 0 Å². The summed E-state index contributed by atoms with van der Waals surface area (Å²) in [4.78, 5) is 0. The van der Waals surface area contributed by atoms with Crippen molar-refractivity contribution < 1.29 is 20.1 Å². The Bertz CT molecular complexity index is 1720. The Kier molecular flexibility index (Phi) is 4.52. The summed E-state index contributed by atoms with van der Waals surface area (Å²) in [6, 6.07) is 31.3. The summed E-state index contributed by atoms with van der Waals surface area (Å²) in [5, 5.41) is 36.0. The van der Waals surface area contributed by atoms with Gasteiger partial charge in [0.05, 0.1) is 0 Å². The molecule has 0 aliphatic carbocycles. The molecule has 0 amide bonds. The van der Waals surface area contributed by atoms with Crippen molar-refractivity contribution in [3.05, 3.63) is 103 Å². The van der Waals surface area contributed by atoms with Crippen LogP contribution in [0.25, 0.3) is 43.4 Å². The molecular weight excluding hydrogens is 424 g/mol. The molecule has 164 valence electrons. The first-order chi connectivity index (χ1) is 16.6. The predicted molar refractivity (Wildman–Crippen MR) is 136 cm³/mol. The van der Waals surface area contributed by atoms with Crippen LogP contribution in [0, 0.1) is 0 Å². The normalized spacial score (nSPS) is 11.3. The lowest BCUT2D eigenvalue weighted by Gasteiger charge is -2.15. The van der Waals surface area contributed by atoms with Crippen molar-refractivity contribution in [3.8, 4) is 39.9 Å². The highest BCUT2D eigenvalue weighted by atomic mass is 16.5. The van der Waals surface area contributed by atoms with Gasteiger partial charge in [-0.05, 0) is 81.7 Å². The molecule has 34 heavy (non-hydrogen) atoms. The largest absolute Gasteiger partial charge is 0.508 e. The van der Waals surface area contributed by atoms with E-state index in [1.165, 1.54) is 0 Å². The zero-order valence-electron chi connectivity index (χ0n) is 18.1. The monoisotopic (exact) mass is 444 g/mol. The molecule has 4 heteroatoms. The van der Waals surface area contributed by atoms with Crippen molar-refractivity contribution in [2.45, 2.75) is 0 Å². The fourth-order valence-corrected chi connectivity index (χ4v) is 4.61. The van der Waals surface area contributed by atoms with Gasteiger partial charge in [0, 0.05) is 16.3 Å². The van der Waals surface area contributed by atoms with E-state index in [0.717, 1.165) is 37.9 Å². The summed E-state index contributed by atoms with van der Waals surface area (Å²) in [5.74, 6) is 1.92. The van der Waals surface area contributed by atoms with E-state index in [-0.39, 0.29) is 17.2 Å². The van der Waals surface area contributed by atoms with Crippen LogP contribution in [0.2, 0.25) is 0 Å². The molecule has 0 fully saturated rings. The maximum atomic E-state index is 10.9. The number of benzene rings is 6. The summed E-state index contributed by atoms with van der Waals surface area (Å²) in [5.41, 5.74) is 1.58. The SMILES string of the molecule is Oc1ccc2c(-c3c(O)ccc4c(Oc5ccc6c(O)cccc6c5)cccc34)cccc2c1. The molecule has 0 saturated heterocycles. The van der Waals surface area contributed by atoms with Gasteiger partial charge in [0.2, 0.25) is 0 Å². The molecule has 0 atom stereocenters. The number of hydrogen-bond donors (Lipinski definition) is 3. The van der Waals surface area contributed by atoms with Gasteiger partial charge in [0.25, 0.3) is 0 Å². The van der Waals surface area contributed by atoms with Crippen LogP contribution < -0.4 is 4.74 Å². The van der Waals surface area contributed by atoms with Crippen molar-refractivity contribution in [1.29, 1.82) is 0 Å². The fourth-order valence-electron chi connectivity index (χ4n) is 4.61. The highest BCUT2D eigenvalue weighted by Gasteiger charge is 2.15. The number of phenolic OH excluding ortho intramolecular Hbond substituents is 3. The molecule has 0 saturated carbocycles. The molecule has 0 heterocycles. The maximum Gasteiger partial charge on any atom is 0.135 e. The second kappa shape index (κ2) is 7.71. The molecular formula is C30H20O4. The van der Waals surface area contributed by atoms with Gasteiger partial charge in [0.15, 0.2) is 0 Å². The first-order valence-electron chi connectivity index (χ1n) is 10.9. The molecule has 4 nitrogen and oxygen atoms in total. The van der Waals surface area contributed by atoms with Crippen molar-refractivity contribution in [2.75, 3.05) is 0 Å². The third-order valence-electron chi connectivity index (χ3n) is 6.19. The molecule has 0 aliphatic heterocycles. The van der Waals surface area contributed by atoms with E-state index >= 15 is 0 Å². The third-order valence-corrected chi connectivity index (χ3v) is 6.19.